The molecule has 0 saturated carbocycles. The molecule has 1 aliphatic heterocycles. The lowest BCUT2D eigenvalue weighted by Gasteiger charge is -2.27. The molecule has 2 heterocycles. The number of ether oxygens (including phenoxy) is 2. The molecule has 1 amide bonds. The number of esters is 1. The monoisotopic (exact) mass is 467 g/mol. The standard InChI is InChI=1S/C28H25N3O4/c1-3-34-22-16-12-19(13-17-22)26-23-24(18-8-6-5-7-9-18)29-30-25(23)27(32)31(26)21-14-10-20(11-15-21)28(33)35-4-2/h5-17,26H,3-4H2,1-2H3,(H,29,30). The maximum Gasteiger partial charge on any atom is 0.338 e. The van der Waals surface area contributed by atoms with Gasteiger partial charge in [0.2, 0.25) is 0 Å². The molecule has 1 N–H and O–H groups in total. The van der Waals surface area contributed by atoms with Gasteiger partial charge in [-0.15, -0.1) is 0 Å². The molecule has 0 spiro atoms. The Balaban J connectivity index is 1.61. The minimum Gasteiger partial charge on any atom is -0.494 e. The van der Waals surface area contributed by atoms with E-state index in [4.69, 9.17) is 9.47 Å². The van der Waals surface area contributed by atoms with Gasteiger partial charge in [-0.2, -0.15) is 5.10 Å². The van der Waals surface area contributed by atoms with Crippen molar-refractivity contribution in [3.63, 3.8) is 0 Å². The Kier molecular flexibility index (Phi) is 6.06. The molecular weight excluding hydrogens is 442 g/mol. The highest BCUT2D eigenvalue weighted by Gasteiger charge is 2.43. The van der Waals surface area contributed by atoms with Crippen molar-refractivity contribution in [2.24, 2.45) is 0 Å². The molecule has 7 nitrogen and oxygen atoms in total. The van der Waals surface area contributed by atoms with Crippen LogP contribution in [0.3, 0.4) is 0 Å². The fourth-order valence-electron chi connectivity index (χ4n) is 4.43. The summed E-state index contributed by atoms with van der Waals surface area (Å²) in [6.45, 7) is 4.58. The van der Waals surface area contributed by atoms with E-state index in [9.17, 15) is 9.59 Å². The molecule has 0 aliphatic carbocycles. The lowest BCUT2D eigenvalue weighted by Crippen LogP contribution is -2.29. The summed E-state index contributed by atoms with van der Waals surface area (Å²) in [6.07, 6.45) is 0. The van der Waals surface area contributed by atoms with Crippen LogP contribution in [0.15, 0.2) is 78.9 Å². The number of aromatic nitrogens is 2. The molecule has 3 aromatic carbocycles. The van der Waals surface area contributed by atoms with E-state index in [1.165, 1.54) is 0 Å². The van der Waals surface area contributed by atoms with Crippen molar-refractivity contribution in [3.8, 4) is 17.0 Å². The predicted octanol–water partition coefficient (Wildman–Crippen LogP) is 5.40. The van der Waals surface area contributed by atoms with Crippen LogP contribution in [-0.2, 0) is 4.74 Å². The topological polar surface area (TPSA) is 84.5 Å². The molecule has 1 aromatic heterocycles. The van der Waals surface area contributed by atoms with Crippen molar-refractivity contribution in [1.29, 1.82) is 0 Å². The molecular formula is C28H25N3O4. The van der Waals surface area contributed by atoms with Crippen molar-refractivity contribution in [1.82, 2.24) is 10.2 Å². The van der Waals surface area contributed by atoms with Gasteiger partial charge in [0, 0.05) is 16.8 Å². The fourth-order valence-corrected chi connectivity index (χ4v) is 4.43. The Morgan fingerprint density at radius 2 is 1.66 bits per heavy atom. The summed E-state index contributed by atoms with van der Waals surface area (Å²) in [7, 11) is 0. The van der Waals surface area contributed by atoms with E-state index in [-0.39, 0.29) is 5.91 Å². The molecule has 1 atom stereocenters. The molecule has 5 rings (SSSR count). The SMILES string of the molecule is CCOC(=O)c1ccc(N2C(=O)c3[nH]nc(-c4ccccc4)c3C2c2ccc(OCC)cc2)cc1. The summed E-state index contributed by atoms with van der Waals surface area (Å²) < 4.78 is 10.7. The highest BCUT2D eigenvalue weighted by atomic mass is 16.5. The Bertz CT molecular complexity index is 1350. The van der Waals surface area contributed by atoms with Crippen LogP contribution >= 0.6 is 0 Å². The predicted molar refractivity (Wildman–Crippen MR) is 133 cm³/mol. The van der Waals surface area contributed by atoms with Gasteiger partial charge in [-0.05, 0) is 55.8 Å². The zero-order valence-electron chi connectivity index (χ0n) is 19.5. The number of anilines is 1. The third-order valence-electron chi connectivity index (χ3n) is 5.98. The first-order valence-electron chi connectivity index (χ1n) is 11.6. The van der Waals surface area contributed by atoms with Crippen LogP contribution in [-0.4, -0.2) is 35.3 Å². The van der Waals surface area contributed by atoms with E-state index in [1.807, 2.05) is 61.5 Å². The van der Waals surface area contributed by atoms with Gasteiger partial charge < -0.3 is 9.47 Å². The van der Waals surface area contributed by atoms with Gasteiger partial charge >= 0.3 is 5.97 Å². The summed E-state index contributed by atoms with van der Waals surface area (Å²) in [5, 5.41) is 7.48. The van der Waals surface area contributed by atoms with Crippen LogP contribution in [0.4, 0.5) is 5.69 Å². The normalized spacial score (nSPS) is 14.6. The first-order chi connectivity index (χ1) is 17.1. The number of H-pyrrole nitrogens is 1. The highest BCUT2D eigenvalue weighted by Crippen LogP contribution is 2.45. The maximum atomic E-state index is 13.7. The van der Waals surface area contributed by atoms with E-state index < -0.39 is 12.0 Å². The van der Waals surface area contributed by atoms with Crippen LogP contribution in [0.1, 0.15) is 51.9 Å². The first kappa shape index (κ1) is 22.4. The first-order valence-corrected chi connectivity index (χ1v) is 11.6. The average molecular weight is 468 g/mol. The summed E-state index contributed by atoms with van der Waals surface area (Å²) in [4.78, 5) is 27.5. The smallest absolute Gasteiger partial charge is 0.338 e. The van der Waals surface area contributed by atoms with Gasteiger partial charge in [0.05, 0.1) is 30.5 Å². The number of hydrogen-bond acceptors (Lipinski definition) is 5. The molecule has 0 saturated heterocycles. The van der Waals surface area contributed by atoms with Crippen molar-refractivity contribution >= 4 is 17.6 Å². The molecule has 1 unspecified atom stereocenters. The minimum atomic E-state index is -0.407. The lowest BCUT2D eigenvalue weighted by atomic mass is 9.95. The van der Waals surface area contributed by atoms with Gasteiger partial charge in [-0.3, -0.25) is 14.8 Å². The van der Waals surface area contributed by atoms with Crippen molar-refractivity contribution in [2.75, 3.05) is 18.1 Å². The quantitative estimate of drug-likeness (QED) is 0.368. The molecule has 176 valence electrons. The van der Waals surface area contributed by atoms with E-state index >= 15 is 0 Å². The number of hydrogen-bond donors (Lipinski definition) is 1. The van der Waals surface area contributed by atoms with E-state index in [0.29, 0.717) is 30.2 Å². The molecule has 0 radical (unpaired) electrons. The van der Waals surface area contributed by atoms with Crippen LogP contribution in [0.25, 0.3) is 11.3 Å². The summed E-state index contributed by atoms with van der Waals surface area (Å²) in [6, 6.07) is 24.1. The Morgan fingerprint density at radius 1 is 0.943 bits per heavy atom. The van der Waals surface area contributed by atoms with E-state index in [0.717, 1.165) is 28.1 Å². The number of nitrogens with one attached hydrogen (secondary N) is 1. The fraction of sp³-hybridized carbons (Fsp3) is 0.179. The Morgan fingerprint density at radius 3 is 2.31 bits per heavy atom. The molecule has 1 aliphatic rings. The second-order valence-corrected chi connectivity index (χ2v) is 8.07. The summed E-state index contributed by atoms with van der Waals surface area (Å²) >= 11 is 0. The number of benzene rings is 3. The zero-order chi connectivity index (χ0) is 24.4. The molecule has 35 heavy (non-hydrogen) atoms. The second-order valence-electron chi connectivity index (χ2n) is 8.07. The molecule has 0 bridgehead atoms. The molecule has 4 aromatic rings. The Labute approximate surface area is 203 Å². The van der Waals surface area contributed by atoms with Crippen molar-refractivity contribution < 1.29 is 19.1 Å². The van der Waals surface area contributed by atoms with Crippen LogP contribution in [0.5, 0.6) is 5.75 Å². The minimum absolute atomic E-state index is 0.183. The second kappa shape index (κ2) is 9.46. The zero-order valence-corrected chi connectivity index (χ0v) is 19.5. The number of nitrogens with zero attached hydrogens (tertiary/aromatic N) is 2. The van der Waals surface area contributed by atoms with E-state index in [1.54, 1.807) is 36.1 Å². The van der Waals surface area contributed by atoms with Crippen LogP contribution < -0.4 is 9.64 Å². The third kappa shape index (κ3) is 4.05. The van der Waals surface area contributed by atoms with Gasteiger partial charge in [0.25, 0.3) is 5.91 Å². The van der Waals surface area contributed by atoms with Gasteiger partial charge in [0.1, 0.15) is 11.4 Å². The Hall–Kier alpha value is -4.39. The largest absolute Gasteiger partial charge is 0.494 e. The van der Waals surface area contributed by atoms with E-state index in [2.05, 4.69) is 10.2 Å². The number of aromatic amines is 1. The summed E-state index contributed by atoms with van der Waals surface area (Å²) in [5.41, 5.74) is 4.97. The maximum absolute atomic E-state index is 13.7. The molecule has 0 fully saturated rings. The number of fused-ring (bicyclic) bond motifs is 1. The third-order valence-corrected chi connectivity index (χ3v) is 5.98. The number of carbonyl (C=O) groups is 2. The van der Waals surface area contributed by atoms with Crippen molar-refractivity contribution in [3.05, 3.63) is 101 Å². The van der Waals surface area contributed by atoms with Crippen LogP contribution in [0.2, 0.25) is 0 Å². The lowest BCUT2D eigenvalue weighted by molar-refractivity contribution is 0.0526. The number of rotatable bonds is 7. The molecule has 7 heteroatoms. The number of amides is 1. The average Bonchev–Trinajstić information content (AvgIpc) is 3.44. The van der Waals surface area contributed by atoms with Crippen LogP contribution in [0, 0.1) is 0 Å². The van der Waals surface area contributed by atoms with Gasteiger partial charge in [-0.1, -0.05) is 42.5 Å². The number of carbonyl (C=O) groups excluding carboxylic acids is 2. The summed E-state index contributed by atoms with van der Waals surface area (Å²) in [5.74, 6) is 0.190. The van der Waals surface area contributed by atoms with Crippen molar-refractivity contribution in [2.45, 2.75) is 19.9 Å². The van der Waals surface area contributed by atoms with Gasteiger partial charge in [0.15, 0.2) is 0 Å². The highest BCUT2D eigenvalue weighted by molar-refractivity contribution is 6.12. The van der Waals surface area contributed by atoms with Gasteiger partial charge in [-0.25, -0.2) is 4.79 Å².